The molecule has 11 rings (SSSR count). The van der Waals surface area contributed by atoms with E-state index in [4.69, 9.17) is 4.42 Å². The van der Waals surface area contributed by atoms with E-state index in [1.807, 2.05) is 12.1 Å². The van der Waals surface area contributed by atoms with Crippen LogP contribution in [0.2, 0.25) is 0 Å². The third-order valence-electron chi connectivity index (χ3n) is 12.1. The summed E-state index contributed by atoms with van der Waals surface area (Å²) >= 11 is 0. The SMILES string of the molecule is CC1(C)c2cc(-c3ccc4ccccc4c3)ccc2-c2ccc(N(c3ccc4oc5ccccc5c4c3)c3ccccc3-c3ccc(-c4ccccc4)cc3)cc21. The van der Waals surface area contributed by atoms with Crippen LogP contribution in [0.1, 0.15) is 25.0 Å². The Labute approximate surface area is 332 Å². The molecule has 0 N–H and O–H groups in total. The fourth-order valence-corrected chi connectivity index (χ4v) is 9.08. The smallest absolute Gasteiger partial charge is 0.135 e. The minimum absolute atomic E-state index is 0.212. The molecule has 1 aliphatic rings. The van der Waals surface area contributed by atoms with Crippen LogP contribution in [0.25, 0.3) is 77.2 Å². The molecule has 0 amide bonds. The lowest BCUT2D eigenvalue weighted by molar-refractivity contribution is 0.660. The van der Waals surface area contributed by atoms with Gasteiger partial charge in [-0.2, -0.15) is 0 Å². The number of rotatable bonds is 6. The van der Waals surface area contributed by atoms with Gasteiger partial charge in [-0.3, -0.25) is 0 Å². The minimum Gasteiger partial charge on any atom is -0.456 e. The van der Waals surface area contributed by atoms with E-state index < -0.39 is 0 Å². The number of anilines is 3. The number of hydrogen-bond acceptors (Lipinski definition) is 2. The predicted octanol–water partition coefficient (Wildman–Crippen LogP) is 15.5. The molecule has 0 fully saturated rings. The van der Waals surface area contributed by atoms with Crippen molar-refractivity contribution in [1.82, 2.24) is 0 Å². The van der Waals surface area contributed by atoms with Crippen LogP contribution in [-0.4, -0.2) is 0 Å². The molecule has 1 heterocycles. The molecule has 2 heteroatoms. The molecular formula is C55H39NO. The summed E-state index contributed by atoms with van der Waals surface area (Å²) in [4.78, 5) is 2.43. The molecule has 0 saturated carbocycles. The summed E-state index contributed by atoms with van der Waals surface area (Å²) in [6, 6.07) is 72.8. The van der Waals surface area contributed by atoms with Gasteiger partial charge >= 0.3 is 0 Å². The molecule has 2 nitrogen and oxygen atoms in total. The van der Waals surface area contributed by atoms with Gasteiger partial charge in [-0.25, -0.2) is 0 Å². The van der Waals surface area contributed by atoms with Gasteiger partial charge in [-0.1, -0.05) is 159 Å². The maximum atomic E-state index is 6.31. The molecule has 0 radical (unpaired) electrons. The Kier molecular flexibility index (Phi) is 7.55. The highest BCUT2D eigenvalue weighted by atomic mass is 16.3. The van der Waals surface area contributed by atoms with E-state index in [1.165, 1.54) is 60.8 Å². The van der Waals surface area contributed by atoms with Gasteiger partial charge in [0.2, 0.25) is 0 Å². The fourth-order valence-electron chi connectivity index (χ4n) is 9.08. The van der Waals surface area contributed by atoms with E-state index in [2.05, 4.69) is 207 Å². The van der Waals surface area contributed by atoms with Crippen LogP contribution >= 0.6 is 0 Å². The lowest BCUT2D eigenvalue weighted by atomic mass is 9.81. The molecule has 0 bridgehead atoms. The molecular weight excluding hydrogens is 691 g/mol. The maximum Gasteiger partial charge on any atom is 0.135 e. The van der Waals surface area contributed by atoms with Crippen LogP contribution < -0.4 is 4.90 Å². The van der Waals surface area contributed by atoms with Crippen LogP contribution in [0.4, 0.5) is 17.1 Å². The van der Waals surface area contributed by atoms with Gasteiger partial charge in [-0.15, -0.1) is 0 Å². The molecule has 1 aromatic heterocycles. The van der Waals surface area contributed by atoms with Crippen LogP contribution in [-0.2, 0) is 5.41 Å². The fraction of sp³-hybridized carbons (Fsp3) is 0.0545. The summed E-state index contributed by atoms with van der Waals surface area (Å²) in [5.74, 6) is 0. The zero-order chi connectivity index (χ0) is 38.1. The van der Waals surface area contributed by atoms with Crippen molar-refractivity contribution in [2.45, 2.75) is 19.3 Å². The highest BCUT2D eigenvalue weighted by Crippen LogP contribution is 2.52. The molecule has 0 atom stereocenters. The third kappa shape index (κ3) is 5.48. The van der Waals surface area contributed by atoms with E-state index >= 15 is 0 Å². The number of hydrogen-bond donors (Lipinski definition) is 0. The molecule has 10 aromatic rings. The summed E-state index contributed by atoms with van der Waals surface area (Å²) in [6.07, 6.45) is 0. The molecule has 0 aliphatic heterocycles. The second-order valence-corrected chi connectivity index (χ2v) is 15.8. The number of nitrogens with zero attached hydrogens (tertiary/aromatic N) is 1. The molecule has 0 spiro atoms. The Morgan fingerprint density at radius 1 is 0.368 bits per heavy atom. The van der Waals surface area contributed by atoms with Gasteiger partial charge in [0.15, 0.2) is 0 Å². The quantitative estimate of drug-likeness (QED) is 0.169. The Bertz CT molecular complexity index is 3150. The molecule has 0 unspecified atom stereocenters. The Hall–Kier alpha value is -7.16. The lowest BCUT2D eigenvalue weighted by Gasteiger charge is -2.30. The van der Waals surface area contributed by atoms with Crippen molar-refractivity contribution in [3.8, 4) is 44.5 Å². The number of furan rings is 1. The summed E-state index contributed by atoms with van der Waals surface area (Å²) in [7, 11) is 0. The molecule has 270 valence electrons. The van der Waals surface area contributed by atoms with Gasteiger partial charge in [-0.05, 0) is 115 Å². The van der Waals surface area contributed by atoms with E-state index in [0.29, 0.717) is 0 Å². The Morgan fingerprint density at radius 3 is 1.81 bits per heavy atom. The van der Waals surface area contributed by atoms with E-state index in [1.54, 1.807) is 0 Å². The molecule has 0 saturated heterocycles. The summed E-state index contributed by atoms with van der Waals surface area (Å²) in [5.41, 5.74) is 17.4. The first-order chi connectivity index (χ1) is 28.0. The van der Waals surface area contributed by atoms with Gasteiger partial charge < -0.3 is 9.32 Å². The summed E-state index contributed by atoms with van der Waals surface area (Å²) < 4.78 is 6.31. The van der Waals surface area contributed by atoms with Gasteiger partial charge in [0.05, 0.1) is 5.69 Å². The first kappa shape index (κ1) is 33.2. The number of para-hydroxylation sites is 2. The normalized spacial score (nSPS) is 12.9. The highest BCUT2D eigenvalue weighted by molar-refractivity contribution is 6.07. The zero-order valence-corrected chi connectivity index (χ0v) is 31.9. The average molecular weight is 730 g/mol. The zero-order valence-electron chi connectivity index (χ0n) is 31.9. The third-order valence-corrected chi connectivity index (χ3v) is 12.1. The van der Waals surface area contributed by atoms with E-state index in [0.717, 1.165) is 44.6 Å². The number of benzene rings is 9. The number of fused-ring (bicyclic) bond motifs is 7. The topological polar surface area (TPSA) is 16.4 Å². The monoisotopic (exact) mass is 729 g/mol. The van der Waals surface area contributed by atoms with Crippen molar-refractivity contribution in [3.05, 3.63) is 211 Å². The Morgan fingerprint density at radius 2 is 0.947 bits per heavy atom. The minimum atomic E-state index is -0.212. The Balaban J connectivity index is 1.06. The summed E-state index contributed by atoms with van der Waals surface area (Å²) in [5, 5.41) is 4.75. The molecule has 1 aliphatic carbocycles. The van der Waals surface area contributed by atoms with Gasteiger partial charge in [0.25, 0.3) is 0 Å². The first-order valence-electron chi connectivity index (χ1n) is 19.7. The van der Waals surface area contributed by atoms with Crippen LogP contribution in [0, 0.1) is 0 Å². The van der Waals surface area contributed by atoms with Crippen molar-refractivity contribution < 1.29 is 4.42 Å². The largest absolute Gasteiger partial charge is 0.456 e. The average Bonchev–Trinajstić information content (AvgIpc) is 3.75. The summed E-state index contributed by atoms with van der Waals surface area (Å²) in [6.45, 7) is 4.75. The van der Waals surface area contributed by atoms with Gasteiger partial charge in [0.1, 0.15) is 11.2 Å². The molecule has 9 aromatic carbocycles. The first-order valence-corrected chi connectivity index (χ1v) is 19.7. The van der Waals surface area contributed by atoms with E-state index in [-0.39, 0.29) is 5.41 Å². The van der Waals surface area contributed by atoms with Crippen molar-refractivity contribution in [1.29, 1.82) is 0 Å². The van der Waals surface area contributed by atoms with Crippen LogP contribution in [0.15, 0.2) is 205 Å². The predicted molar refractivity (Wildman–Crippen MR) is 240 cm³/mol. The van der Waals surface area contributed by atoms with Crippen LogP contribution in [0.5, 0.6) is 0 Å². The second kappa shape index (κ2) is 13.0. The molecule has 57 heavy (non-hydrogen) atoms. The van der Waals surface area contributed by atoms with Crippen molar-refractivity contribution >= 4 is 49.8 Å². The standard InChI is InChI=1S/C55H39NO/c1-55(2)50-33-42(41-25-22-37-14-6-7-15-40(37)32-41)26-29-46(50)47-30-27-44(35-51(47)55)56(43-28-31-54-49(34-43)48-17-9-11-19-53(48)57-54)52-18-10-8-16-45(52)39-23-20-38(21-24-39)36-12-4-3-5-13-36/h3-35H,1-2H3. The highest BCUT2D eigenvalue weighted by Gasteiger charge is 2.36. The van der Waals surface area contributed by atoms with Crippen LogP contribution in [0.3, 0.4) is 0 Å². The maximum absolute atomic E-state index is 6.31. The van der Waals surface area contributed by atoms with Gasteiger partial charge in [0, 0.05) is 33.1 Å². The van der Waals surface area contributed by atoms with Crippen molar-refractivity contribution in [2.75, 3.05) is 4.90 Å². The lowest BCUT2D eigenvalue weighted by Crippen LogP contribution is -2.17. The van der Waals surface area contributed by atoms with E-state index in [9.17, 15) is 0 Å². The second-order valence-electron chi connectivity index (χ2n) is 15.8. The van der Waals surface area contributed by atoms with Crippen molar-refractivity contribution in [3.63, 3.8) is 0 Å². The van der Waals surface area contributed by atoms with Crippen molar-refractivity contribution in [2.24, 2.45) is 0 Å².